The summed E-state index contributed by atoms with van der Waals surface area (Å²) in [5.74, 6) is 0.779. The summed E-state index contributed by atoms with van der Waals surface area (Å²) in [6, 6.07) is 12.2. The molecule has 128 valence electrons. The number of hydrogen-bond donors (Lipinski definition) is 1. The van der Waals surface area contributed by atoms with E-state index in [0.717, 1.165) is 17.4 Å². The fourth-order valence-corrected chi connectivity index (χ4v) is 3.68. The zero-order chi connectivity index (χ0) is 17.7. The fourth-order valence-electron chi connectivity index (χ4n) is 2.04. The Hall–Kier alpha value is -1.50. The average Bonchev–Trinajstić information content (AvgIpc) is 2.48. The predicted molar refractivity (Wildman–Crippen MR) is 101 cm³/mol. The van der Waals surface area contributed by atoms with Crippen LogP contribution in [0.1, 0.15) is 11.1 Å². The van der Waals surface area contributed by atoms with Gasteiger partial charge in [0.2, 0.25) is 5.91 Å². The highest BCUT2D eigenvalue weighted by atomic mass is 35.5. The van der Waals surface area contributed by atoms with Crippen LogP contribution in [0.15, 0.2) is 47.4 Å². The third-order valence-corrected chi connectivity index (χ3v) is 5.65. The van der Waals surface area contributed by atoms with Crippen molar-refractivity contribution in [1.29, 1.82) is 0 Å². The molecular formula is C17H18ClNO3S2. The largest absolute Gasteiger partial charge is 0.325 e. The average molecular weight is 384 g/mol. The monoisotopic (exact) mass is 383 g/mol. The van der Waals surface area contributed by atoms with Crippen LogP contribution in [0.4, 0.5) is 5.69 Å². The second-order valence-electron chi connectivity index (χ2n) is 5.42. The minimum atomic E-state index is -3.30. The molecule has 0 unspecified atom stereocenters. The van der Waals surface area contributed by atoms with Crippen LogP contribution < -0.4 is 5.32 Å². The first kappa shape index (κ1) is 18.8. The lowest BCUT2D eigenvalue weighted by molar-refractivity contribution is -0.113. The molecule has 24 heavy (non-hydrogen) atoms. The summed E-state index contributed by atoms with van der Waals surface area (Å²) in [6.45, 7) is 1.82. The zero-order valence-electron chi connectivity index (χ0n) is 13.4. The maximum atomic E-state index is 12.1. The van der Waals surface area contributed by atoms with Crippen LogP contribution in [-0.4, -0.2) is 26.3 Å². The van der Waals surface area contributed by atoms with Crippen LogP contribution in [0.2, 0.25) is 5.02 Å². The molecule has 0 spiro atoms. The molecule has 0 saturated heterocycles. The van der Waals surface area contributed by atoms with Crippen molar-refractivity contribution in [2.24, 2.45) is 0 Å². The highest BCUT2D eigenvalue weighted by Crippen LogP contribution is 2.21. The molecule has 1 N–H and O–H groups in total. The Labute approximate surface area is 151 Å². The molecule has 2 rings (SSSR count). The predicted octanol–water partition coefficient (Wildman–Crippen LogP) is 3.92. The molecule has 0 atom stereocenters. The van der Waals surface area contributed by atoms with Crippen molar-refractivity contribution < 1.29 is 13.2 Å². The van der Waals surface area contributed by atoms with Crippen molar-refractivity contribution >= 4 is 44.8 Å². The summed E-state index contributed by atoms with van der Waals surface area (Å²) in [6.07, 6.45) is 1.14. The van der Waals surface area contributed by atoms with E-state index in [0.29, 0.717) is 16.5 Å². The molecule has 0 aliphatic rings. The molecule has 2 aromatic rings. The summed E-state index contributed by atoms with van der Waals surface area (Å²) >= 11 is 7.39. The van der Waals surface area contributed by atoms with E-state index in [1.54, 1.807) is 12.1 Å². The molecular weight excluding hydrogens is 366 g/mol. The summed E-state index contributed by atoms with van der Waals surface area (Å²) in [5, 5.41) is 3.44. The summed E-state index contributed by atoms with van der Waals surface area (Å²) in [5.41, 5.74) is 2.39. The number of carbonyl (C=O) groups is 1. The Kier molecular flexibility index (Phi) is 6.32. The van der Waals surface area contributed by atoms with Gasteiger partial charge in [0.1, 0.15) is 0 Å². The maximum absolute atomic E-state index is 12.1. The molecule has 1 amide bonds. The van der Waals surface area contributed by atoms with Gasteiger partial charge in [-0.15, -0.1) is 11.8 Å². The first-order chi connectivity index (χ1) is 11.3. The molecule has 4 nitrogen and oxygen atoms in total. The van der Waals surface area contributed by atoms with Gasteiger partial charge in [-0.25, -0.2) is 8.42 Å². The number of aryl methyl sites for hydroxylation is 1. The lowest BCUT2D eigenvalue weighted by Gasteiger charge is -2.10. The van der Waals surface area contributed by atoms with Crippen molar-refractivity contribution in [3.05, 3.63) is 58.6 Å². The first-order valence-electron chi connectivity index (χ1n) is 7.18. The molecule has 2 aromatic carbocycles. The lowest BCUT2D eigenvalue weighted by Crippen LogP contribution is -2.15. The summed E-state index contributed by atoms with van der Waals surface area (Å²) in [4.78, 5) is 12.3. The Bertz CT molecular complexity index is 851. The van der Waals surface area contributed by atoms with Gasteiger partial charge in [-0.2, -0.15) is 0 Å². The minimum Gasteiger partial charge on any atom is -0.325 e. The van der Waals surface area contributed by atoms with Crippen LogP contribution in [-0.2, 0) is 20.4 Å². The van der Waals surface area contributed by atoms with Crippen molar-refractivity contribution in [3.8, 4) is 0 Å². The molecule has 0 aliphatic carbocycles. The molecule has 0 radical (unpaired) electrons. The van der Waals surface area contributed by atoms with Crippen molar-refractivity contribution in [1.82, 2.24) is 0 Å². The third kappa shape index (κ3) is 5.54. The standard InChI is InChI=1S/C17H18ClNO3S2/c1-12-6-7-15(24(2,21)22)9-16(12)19-17(20)11-23-10-13-4-3-5-14(18)8-13/h3-9H,10-11H2,1-2H3,(H,19,20). The van der Waals surface area contributed by atoms with E-state index in [1.807, 2.05) is 25.1 Å². The fraction of sp³-hybridized carbons (Fsp3) is 0.235. The van der Waals surface area contributed by atoms with Gasteiger partial charge in [0, 0.05) is 22.7 Å². The van der Waals surface area contributed by atoms with Crippen molar-refractivity contribution in [2.45, 2.75) is 17.6 Å². The highest BCUT2D eigenvalue weighted by molar-refractivity contribution is 7.99. The Balaban J connectivity index is 1.95. The molecule has 0 aliphatic heterocycles. The summed E-state index contributed by atoms with van der Waals surface area (Å²) in [7, 11) is -3.30. The number of anilines is 1. The Morgan fingerprint density at radius 3 is 2.62 bits per heavy atom. The molecule has 7 heteroatoms. The van der Waals surface area contributed by atoms with Crippen LogP contribution in [0.25, 0.3) is 0 Å². The van der Waals surface area contributed by atoms with Gasteiger partial charge in [0.05, 0.1) is 10.6 Å². The van der Waals surface area contributed by atoms with E-state index < -0.39 is 9.84 Å². The smallest absolute Gasteiger partial charge is 0.234 e. The van der Waals surface area contributed by atoms with Gasteiger partial charge < -0.3 is 5.32 Å². The molecule has 0 bridgehead atoms. The number of hydrogen-bond acceptors (Lipinski definition) is 4. The quantitative estimate of drug-likeness (QED) is 0.821. The van der Waals surface area contributed by atoms with Crippen LogP contribution in [0.5, 0.6) is 0 Å². The van der Waals surface area contributed by atoms with Crippen molar-refractivity contribution in [2.75, 3.05) is 17.3 Å². The first-order valence-corrected chi connectivity index (χ1v) is 10.6. The van der Waals surface area contributed by atoms with Gasteiger partial charge in [-0.1, -0.05) is 29.8 Å². The molecule has 0 saturated carbocycles. The van der Waals surface area contributed by atoms with Crippen molar-refractivity contribution in [3.63, 3.8) is 0 Å². The van der Waals surface area contributed by atoms with Gasteiger partial charge in [-0.05, 0) is 42.3 Å². The van der Waals surface area contributed by atoms with Crippen LogP contribution >= 0.6 is 23.4 Å². The number of rotatable bonds is 6. The van der Waals surface area contributed by atoms with Crippen LogP contribution in [0.3, 0.4) is 0 Å². The molecule has 0 fully saturated rings. The van der Waals surface area contributed by atoms with Gasteiger partial charge in [0.15, 0.2) is 9.84 Å². The lowest BCUT2D eigenvalue weighted by atomic mass is 10.2. The van der Waals surface area contributed by atoms with Gasteiger partial charge >= 0.3 is 0 Å². The summed E-state index contributed by atoms with van der Waals surface area (Å²) < 4.78 is 23.2. The number of sulfone groups is 1. The van der Waals surface area contributed by atoms with E-state index in [9.17, 15) is 13.2 Å². The topological polar surface area (TPSA) is 63.2 Å². The number of thioether (sulfide) groups is 1. The number of amides is 1. The number of carbonyl (C=O) groups excluding carboxylic acids is 1. The second-order valence-corrected chi connectivity index (χ2v) is 8.86. The van der Waals surface area contributed by atoms with E-state index in [-0.39, 0.29) is 16.6 Å². The normalized spacial score (nSPS) is 11.3. The zero-order valence-corrected chi connectivity index (χ0v) is 15.8. The third-order valence-electron chi connectivity index (χ3n) is 3.30. The van der Waals surface area contributed by atoms with E-state index in [2.05, 4.69) is 5.32 Å². The van der Waals surface area contributed by atoms with Gasteiger partial charge in [-0.3, -0.25) is 4.79 Å². The maximum Gasteiger partial charge on any atom is 0.234 e. The van der Waals surface area contributed by atoms with Crippen LogP contribution in [0, 0.1) is 6.92 Å². The Morgan fingerprint density at radius 1 is 1.21 bits per heavy atom. The Morgan fingerprint density at radius 2 is 1.96 bits per heavy atom. The SMILES string of the molecule is Cc1ccc(S(C)(=O)=O)cc1NC(=O)CSCc1cccc(Cl)c1. The van der Waals surface area contributed by atoms with E-state index in [1.165, 1.54) is 23.9 Å². The second kappa shape index (κ2) is 8.05. The highest BCUT2D eigenvalue weighted by Gasteiger charge is 2.11. The molecule has 0 heterocycles. The number of nitrogens with one attached hydrogen (secondary N) is 1. The minimum absolute atomic E-state index is 0.171. The van der Waals surface area contributed by atoms with E-state index >= 15 is 0 Å². The molecule has 0 aromatic heterocycles. The number of benzene rings is 2. The van der Waals surface area contributed by atoms with Gasteiger partial charge in [0.25, 0.3) is 0 Å². The number of halogens is 1. The van der Waals surface area contributed by atoms with E-state index in [4.69, 9.17) is 11.6 Å².